The van der Waals surface area contributed by atoms with Crippen LogP contribution in [0.3, 0.4) is 0 Å². The minimum absolute atomic E-state index is 0.0282. The van der Waals surface area contributed by atoms with Gasteiger partial charge in [0.2, 0.25) is 11.8 Å². The number of benzene rings is 1. The summed E-state index contributed by atoms with van der Waals surface area (Å²) < 4.78 is 5.60. The van der Waals surface area contributed by atoms with Crippen LogP contribution in [-0.4, -0.2) is 86.0 Å². The first-order chi connectivity index (χ1) is 14.5. The zero-order valence-corrected chi connectivity index (χ0v) is 19.5. The highest BCUT2D eigenvalue weighted by Gasteiger charge is 2.27. The van der Waals surface area contributed by atoms with Crippen molar-refractivity contribution in [3.63, 3.8) is 0 Å². The Balaban J connectivity index is 1.67. The van der Waals surface area contributed by atoms with Gasteiger partial charge in [0.15, 0.2) is 6.54 Å². The summed E-state index contributed by atoms with van der Waals surface area (Å²) in [6, 6.07) is 7.67. The third-order valence-electron chi connectivity index (χ3n) is 5.15. The number of ether oxygens (including phenoxy) is 1. The molecule has 172 valence electrons. The normalized spacial score (nSPS) is 14.8. The second kappa shape index (κ2) is 11.1. The van der Waals surface area contributed by atoms with Crippen LogP contribution in [-0.2, 0) is 14.4 Å². The molecule has 3 amide bonds. The monoisotopic (exact) mass is 433 g/mol. The van der Waals surface area contributed by atoms with Crippen LogP contribution in [0.1, 0.15) is 32.8 Å². The molecule has 2 N–H and O–H groups in total. The molecule has 0 spiro atoms. The van der Waals surface area contributed by atoms with Crippen molar-refractivity contribution in [2.75, 3.05) is 52.9 Å². The predicted molar refractivity (Wildman–Crippen MR) is 119 cm³/mol. The summed E-state index contributed by atoms with van der Waals surface area (Å²) in [6.45, 7) is 11.3. The quantitative estimate of drug-likeness (QED) is 0.598. The fraction of sp³-hybridized carbons (Fsp3) is 0.609. The Labute approximate surface area is 185 Å². The average molecular weight is 434 g/mol. The van der Waals surface area contributed by atoms with Crippen molar-refractivity contribution < 1.29 is 24.0 Å². The summed E-state index contributed by atoms with van der Waals surface area (Å²) in [7, 11) is 1.64. The number of aryl methyl sites for hydroxylation is 1. The van der Waals surface area contributed by atoms with E-state index in [4.69, 9.17) is 4.74 Å². The number of hydrogen-bond donors (Lipinski definition) is 2. The van der Waals surface area contributed by atoms with Gasteiger partial charge >= 0.3 is 0 Å². The molecule has 0 bridgehead atoms. The molecule has 1 aromatic carbocycles. The fourth-order valence-electron chi connectivity index (χ4n) is 3.41. The number of hydrogen-bond acceptors (Lipinski definition) is 4. The summed E-state index contributed by atoms with van der Waals surface area (Å²) in [6.07, 6.45) is 0.221. The van der Waals surface area contributed by atoms with Gasteiger partial charge in [-0.3, -0.25) is 14.4 Å². The molecule has 0 radical (unpaired) electrons. The van der Waals surface area contributed by atoms with Gasteiger partial charge in [0, 0.05) is 12.6 Å². The van der Waals surface area contributed by atoms with Crippen LogP contribution < -0.4 is 15.0 Å². The van der Waals surface area contributed by atoms with E-state index in [0.29, 0.717) is 19.6 Å². The van der Waals surface area contributed by atoms with E-state index in [1.807, 2.05) is 52.0 Å². The molecule has 0 unspecified atom stereocenters. The number of nitrogens with zero attached hydrogens (tertiary/aromatic N) is 2. The molecule has 0 aromatic heterocycles. The van der Waals surface area contributed by atoms with Crippen molar-refractivity contribution >= 4 is 17.7 Å². The number of carbonyl (C=O) groups is 3. The Morgan fingerprint density at radius 3 is 2.32 bits per heavy atom. The Hall–Kier alpha value is -2.61. The first kappa shape index (κ1) is 24.7. The maximum Gasteiger partial charge on any atom is 0.275 e. The Morgan fingerprint density at radius 2 is 1.74 bits per heavy atom. The molecular weight excluding hydrogens is 396 g/mol. The van der Waals surface area contributed by atoms with Gasteiger partial charge in [-0.15, -0.1) is 0 Å². The van der Waals surface area contributed by atoms with E-state index < -0.39 is 0 Å². The van der Waals surface area contributed by atoms with Crippen LogP contribution >= 0.6 is 0 Å². The summed E-state index contributed by atoms with van der Waals surface area (Å²) >= 11 is 0. The molecule has 0 saturated carbocycles. The number of likely N-dealkylation sites (N-methyl/N-ethyl adjacent to an activating group) is 1. The lowest BCUT2D eigenvalue weighted by atomic mass is 10.1. The molecular formula is C23H37N4O4+. The third-order valence-corrected chi connectivity index (χ3v) is 5.15. The van der Waals surface area contributed by atoms with Gasteiger partial charge in [0.05, 0.1) is 45.8 Å². The first-order valence-electron chi connectivity index (χ1n) is 10.9. The topological polar surface area (TPSA) is 83.4 Å². The van der Waals surface area contributed by atoms with Gasteiger partial charge in [0.25, 0.3) is 5.91 Å². The Bertz CT molecular complexity index is 750. The number of rotatable bonds is 8. The van der Waals surface area contributed by atoms with Gasteiger partial charge in [-0.05, 0) is 39.8 Å². The van der Waals surface area contributed by atoms with Crippen LogP contribution in [0.25, 0.3) is 0 Å². The van der Waals surface area contributed by atoms with Crippen molar-refractivity contribution in [2.45, 2.75) is 39.7 Å². The van der Waals surface area contributed by atoms with Gasteiger partial charge < -0.3 is 24.8 Å². The molecule has 1 fully saturated rings. The molecule has 1 aromatic rings. The number of nitrogens with one attached hydrogen (secondary N) is 2. The fourth-order valence-corrected chi connectivity index (χ4v) is 3.41. The molecule has 0 aliphatic carbocycles. The molecule has 31 heavy (non-hydrogen) atoms. The largest absolute Gasteiger partial charge is 0.493 e. The van der Waals surface area contributed by atoms with Crippen LogP contribution in [0.2, 0.25) is 0 Å². The molecule has 1 aliphatic heterocycles. The molecule has 2 rings (SSSR count). The molecule has 1 saturated heterocycles. The molecule has 8 heteroatoms. The van der Waals surface area contributed by atoms with E-state index in [0.717, 1.165) is 24.4 Å². The molecule has 8 nitrogen and oxygen atoms in total. The van der Waals surface area contributed by atoms with E-state index in [2.05, 4.69) is 5.32 Å². The first-order valence-corrected chi connectivity index (χ1v) is 10.9. The Kier molecular flexibility index (Phi) is 8.86. The summed E-state index contributed by atoms with van der Waals surface area (Å²) in [4.78, 5) is 41.4. The van der Waals surface area contributed by atoms with Crippen LogP contribution in [0.5, 0.6) is 5.75 Å². The van der Waals surface area contributed by atoms with E-state index in [1.54, 1.807) is 11.9 Å². The summed E-state index contributed by atoms with van der Waals surface area (Å²) in [5.74, 6) is 0.575. The molecule has 0 atom stereocenters. The summed E-state index contributed by atoms with van der Waals surface area (Å²) in [5, 5.41) is 2.97. The Morgan fingerprint density at radius 1 is 1.13 bits per heavy atom. The van der Waals surface area contributed by atoms with Crippen LogP contribution in [0.4, 0.5) is 0 Å². The van der Waals surface area contributed by atoms with Crippen molar-refractivity contribution in [1.82, 2.24) is 15.1 Å². The smallest absolute Gasteiger partial charge is 0.275 e. The van der Waals surface area contributed by atoms with Gasteiger partial charge in [-0.1, -0.05) is 17.7 Å². The maximum absolute atomic E-state index is 12.6. The van der Waals surface area contributed by atoms with Gasteiger partial charge in [0.1, 0.15) is 5.75 Å². The lowest BCUT2D eigenvalue weighted by molar-refractivity contribution is -0.896. The van der Waals surface area contributed by atoms with E-state index >= 15 is 0 Å². The lowest BCUT2D eigenvalue weighted by Gasteiger charge is -2.33. The van der Waals surface area contributed by atoms with Crippen LogP contribution in [0, 0.1) is 6.92 Å². The maximum atomic E-state index is 12.6. The van der Waals surface area contributed by atoms with Crippen LogP contribution in [0.15, 0.2) is 24.3 Å². The average Bonchev–Trinajstić information content (AvgIpc) is 2.68. The second-order valence-corrected chi connectivity index (χ2v) is 9.27. The highest BCUT2D eigenvalue weighted by molar-refractivity contribution is 5.84. The molecule has 1 aliphatic rings. The third kappa shape index (κ3) is 8.96. The highest BCUT2D eigenvalue weighted by atomic mass is 16.5. The van der Waals surface area contributed by atoms with Crippen molar-refractivity contribution in [1.29, 1.82) is 0 Å². The SMILES string of the molecule is Cc1ccc(OCCC(=O)N(C)CC(=O)N2CC[NH+](CC(=O)NC(C)(C)C)CC2)cc1. The number of piperazine rings is 1. The van der Waals surface area contributed by atoms with Gasteiger partial charge in [-0.2, -0.15) is 0 Å². The minimum atomic E-state index is -0.239. The number of amides is 3. The van der Waals surface area contributed by atoms with E-state index in [9.17, 15) is 14.4 Å². The number of quaternary nitrogens is 1. The van der Waals surface area contributed by atoms with Crippen molar-refractivity contribution in [2.24, 2.45) is 0 Å². The van der Waals surface area contributed by atoms with Crippen molar-refractivity contribution in [3.05, 3.63) is 29.8 Å². The summed E-state index contributed by atoms with van der Waals surface area (Å²) in [5.41, 5.74) is 0.911. The van der Waals surface area contributed by atoms with E-state index in [1.165, 1.54) is 9.80 Å². The van der Waals surface area contributed by atoms with E-state index in [-0.39, 0.29) is 42.8 Å². The standard InChI is InChI=1S/C23H36N4O4/c1-18-6-8-19(9-7-18)31-15-10-21(29)25(5)17-22(30)27-13-11-26(12-14-27)16-20(28)24-23(2,3)4/h6-9H,10-17H2,1-5H3,(H,24,28)/p+1. The van der Waals surface area contributed by atoms with Crippen molar-refractivity contribution in [3.8, 4) is 5.75 Å². The zero-order chi connectivity index (χ0) is 23.0. The zero-order valence-electron chi connectivity index (χ0n) is 19.5. The molecule has 1 heterocycles. The predicted octanol–water partition coefficient (Wildman–Crippen LogP) is -0.136. The second-order valence-electron chi connectivity index (χ2n) is 9.27. The minimum Gasteiger partial charge on any atom is -0.493 e. The highest BCUT2D eigenvalue weighted by Crippen LogP contribution is 2.11. The van der Waals surface area contributed by atoms with Gasteiger partial charge in [-0.25, -0.2) is 0 Å². The number of carbonyl (C=O) groups excluding carboxylic acids is 3. The lowest BCUT2D eigenvalue weighted by Crippen LogP contribution is -3.16.